The van der Waals surface area contributed by atoms with Gasteiger partial charge < -0.3 is 10.6 Å². The number of hydrogen-bond donors (Lipinski definition) is 2. The molecule has 3 N–H and O–H groups in total. The summed E-state index contributed by atoms with van der Waals surface area (Å²) in [5.74, 6) is 2.57. The topological polar surface area (TPSA) is 131 Å². The van der Waals surface area contributed by atoms with Crippen LogP contribution in [0.4, 0.5) is 17.6 Å². The number of alkyl halides is 3. The van der Waals surface area contributed by atoms with Crippen LogP contribution in [-0.4, -0.2) is 21.7 Å². The highest BCUT2D eigenvalue weighted by molar-refractivity contribution is 5.94. The van der Waals surface area contributed by atoms with Crippen molar-refractivity contribution in [3.63, 3.8) is 0 Å². The van der Waals surface area contributed by atoms with E-state index < -0.39 is 63.3 Å². The number of nitrogen functional groups attached to an aromatic ring is 1. The number of nitrogens with zero attached hydrogens (tertiary/aromatic N) is 2. The van der Waals surface area contributed by atoms with Crippen LogP contribution in [0.1, 0.15) is 35.5 Å². The minimum Gasteiger partial charge on any atom is -0.459 e. The lowest BCUT2D eigenvalue weighted by atomic mass is 9.98. The number of ether oxygens (including phenoxy) is 1. The summed E-state index contributed by atoms with van der Waals surface area (Å²) in [5.41, 5.74) is -8.46. The molecule has 0 atom stereocenters. The van der Waals surface area contributed by atoms with Crippen molar-refractivity contribution in [2.24, 2.45) is 0 Å². The highest BCUT2D eigenvalue weighted by Gasteiger charge is 2.40. The number of nitriles is 1. The summed E-state index contributed by atoms with van der Waals surface area (Å²) in [6.07, 6.45) is -5.95. The number of rotatable bonds is 3. The van der Waals surface area contributed by atoms with Crippen molar-refractivity contribution in [2.75, 3.05) is 5.84 Å². The Morgan fingerprint density at radius 1 is 1.32 bits per heavy atom. The summed E-state index contributed by atoms with van der Waals surface area (Å²) in [4.78, 5) is 37.2. The Morgan fingerprint density at radius 2 is 1.93 bits per heavy atom. The largest absolute Gasteiger partial charge is 0.459 e. The Labute approximate surface area is 153 Å². The van der Waals surface area contributed by atoms with Gasteiger partial charge in [0.15, 0.2) is 5.69 Å². The highest BCUT2D eigenvalue weighted by atomic mass is 19.4. The third kappa shape index (κ3) is 3.73. The molecule has 0 fully saturated rings. The van der Waals surface area contributed by atoms with Gasteiger partial charge in [-0.2, -0.15) is 18.4 Å². The Kier molecular flexibility index (Phi) is 5.31. The Balaban J connectivity index is 2.93. The van der Waals surface area contributed by atoms with E-state index in [1.807, 2.05) is 0 Å². The molecule has 0 spiro atoms. The summed E-state index contributed by atoms with van der Waals surface area (Å²) < 4.78 is 59.2. The van der Waals surface area contributed by atoms with Gasteiger partial charge in [-0.05, 0) is 26.0 Å². The Morgan fingerprint density at radius 3 is 2.43 bits per heavy atom. The zero-order valence-corrected chi connectivity index (χ0v) is 14.3. The molecule has 2 aromatic rings. The molecule has 0 radical (unpaired) electrons. The summed E-state index contributed by atoms with van der Waals surface area (Å²) in [6, 6.07) is 2.58. The first-order valence-electron chi connectivity index (χ1n) is 7.55. The molecule has 0 aliphatic heterocycles. The van der Waals surface area contributed by atoms with Gasteiger partial charge in [0.05, 0.1) is 22.8 Å². The van der Waals surface area contributed by atoms with E-state index in [-0.39, 0.29) is 4.68 Å². The van der Waals surface area contributed by atoms with Crippen LogP contribution >= 0.6 is 0 Å². The van der Waals surface area contributed by atoms with E-state index in [1.165, 1.54) is 24.9 Å². The standard InChI is InChI=1S/C16H12F4N4O4/c1-6(2)28-14(26)8-4-9(10(17)3-7(8)5-21)11-12(16(18,19)20)24(22)15(27)23-13(11)25/h3-4,6H,22H2,1-2H3,(H,23,25,27). The molecule has 0 bridgehead atoms. The molecule has 2 rings (SSSR count). The van der Waals surface area contributed by atoms with Gasteiger partial charge in [0, 0.05) is 5.56 Å². The molecule has 0 saturated heterocycles. The van der Waals surface area contributed by atoms with Crippen molar-refractivity contribution in [3.8, 4) is 17.2 Å². The molecule has 28 heavy (non-hydrogen) atoms. The molecule has 0 amide bonds. The van der Waals surface area contributed by atoms with Crippen LogP contribution in [0.15, 0.2) is 21.7 Å². The minimum atomic E-state index is -5.31. The van der Waals surface area contributed by atoms with Crippen molar-refractivity contribution in [1.29, 1.82) is 5.26 Å². The zero-order valence-electron chi connectivity index (χ0n) is 14.3. The van der Waals surface area contributed by atoms with Crippen LogP contribution in [0, 0.1) is 17.1 Å². The van der Waals surface area contributed by atoms with Crippen LogP contribution < -0.4 is 17.1 Å². The van der Waals surface area contributed by atoms with Gasteiger partial charge in [-0.1, -0.05) is 0 Å². The average Bonchev–Trinajstić information content (AvgIpc) is 2.56. The average molecular weight is 400 g/mol. The number of carbonyl (C=O) groups is 1. The maximum absolute atomic E-state index is 14.5. The molecule has 1 heterocycles. The monoisotopic (exact) mass is 400 g/mol. The molecule has 12 heteroatoms. The number of aromatic amines is 1. The maximum Gasteiger partial charge on any atom is 0.434 e. The summed E-state index contributed by atoms with van der Waals surface area (Å²) in [6.45, 7) is 2.95. The molecule has 148 valence electrons. The lowest BCUT2D eigenvalue weighted by Gasteiger charge is -2.16. The fourth-order valence-electron chi connectivity index (χ4n) is 2.38. The van der Waals surface area contributed by atoms with Crippen LogP contribution in [0.3, 0.4) is 0 Å². The van der Waals surface area contributed by atoms with E-state index in [2.05, 4.69) is 0 Å². The van der Waals surface area contributed by atoms with Gasteiger partial charge in [0.1, 0.15) is 11.9 Å². The van der Waals surface area contributed by atoms with Crippen LogP contribution in [-0.2, 0) is 10.9 Å². The van der Waals surface area contributed by atoms with Crippen LogP contribution in [0.2, 0.25) is 0 Å². The number of H-pyrrole nitrogens is 1. The second-order valence-electron chi connectivity index (χ2n) is 5.79. The number of nitrogens with two attached hydrogens (primary N) is 1. The third-order valence-corrected chi connectivity index (χ3v) is 3.47. The smallest absolute Gasteiger partial charge is 0.434 e. The summed E-state index contributed by atoms with van der Waals surface area (Å²) >= 11 is 0. The third-order valence-electron chi connectivity index (χ3n) is 3.47. The molecule has 0 aliphatic rings. The van der Waals surface area contributed by atoms with Gasteiger partial charge in [0.2, 0.25) is 0 Å². The van der Waals surface area contributed by atoms with Crippen LogP contribution in [0.25, 0.3) is 11.1 Å². The summed E-state index contributed by atoms with van der Waals surface area (Å²) in [5, 5.41) is 9.07. The molecule has 0 unspecified atom stereocenters. The van der Waals surface area contributed by atoms with E-state index in [0.717, 1.165) is 0 Å². The van der Waals surface area contributed by atoms with E-state index in [4.69, 9.17) is 15.8 Å². The quantitative estimate of drug-likeness (QED) is 0.456. The van der Waals surface area contributed by atoms with Gasteiger partial charge in [0.25, 0.3) is 5.56 Å². The van der Waals surface area contributed by atoms with Crippen molar-refractivity contribution in [3.05, 3.63) is 55.6 Å². The molecule has 1 aromatic carbocycles. The minimum absolute atomic E-state index is 0.388. The van der Waals surface area contributed by atoms with E-state index in [9.17, 15) is 31.9 Å². The fourth-order valence-corrected chi connectivity index (χ4v) is 2.38. The predicted molar refractivity (Wildman–Crippen MR) is 87.1 cm³/mol. The Bertz CT molecular complexity index is 1110. The number of hydrogen-bond acceptors (Lipinski definition) is 6. The van der Waals surface area contributed by atoms with Crippen molar-refractivity contribution >= 4 is 5.97 Å². The first-order chi connectivity index (χ1) is 12.9. The second-order valence-corrected chi connectivity index (χ2v) is 5.79. The molecule has 0 saturated carbocycles. The normalized spacial score (nSPS) is 11.4. The van der Waals surface area contributed by atoms with Gasteiger partial charge >= 0.3 is 17.8 Å². The highest BCUT2D eigenvalue weighted by Crippen LogP contribution is 2.35. The number of aromatic nitrogens is 2. The van der Waals surface area contributed by atoms with Gasteiger partial charge in [-0.25, -0.2) is 18.7 Å². The molecular formula is C16H12F4N4O4. The van der Waals surface area contributed by atoms with E-state index >= 15 is 0 Å². The van der Waals surface area contributed by atoms with Crippen molar-refractivity contribution < 1.29 is 27.1 Å². The first-order valence-corrected chi connectivity index (χ1v) is 7.55. The Hall–Kier alpha value is -3.62. The van der Waals surface area contributed by atoms with Gasteiger partial charge in [-0.3, -0.25) is 9.78 Å². The summed E-state index contributed by atoms with van der Waals surface area (Å²) in [7, 11) is 0. The number of carbonyl (C=O) groups excluding carboxylic acids is 1. The molecule has 1 aromatic heterocycles. The fraction of sp³-hybridized carbons (Fsp3) is 0.250. The van der Waals surface area contributed by atoms with E-state index in [0.29, 0.717) is 12.1 Å². The molecule has 8 nitrogen and oxygen atoms in total. The zero-order chi connectivity index (χ0) is 21.4. The lowest BCUT2D eigenvalue weighted by Crippen LogP contribution is -2.41. The molecule has 0 aliphatic carbocycles. The first kappa shape index (κ1) is 20.7. The number of esters is 1. The number of halogens is 4. The predicted octanol–water partition coefficient (Wildman–Crippen LogP) is 1.51. The SMILES string of the molecule is CC(C)OC(=O)c1cc(-c2c(C(F)(F)F)n(N)c(=O)[nH]c2=O)c(F)cc1C#N. The number of benzene rings is 1. The lowest BCUT2D eigenvalue weighted by molar-refractivity contribution is -0.143. The van der Waals surface area contributed by atoms with Gasteiger partial charge in [-0.15, -0.1) is 0 Å². The maximum atomic E-state index is 14.5. The van der Waals surface area contributed by atoms with E-state index in [1.54, 1.807) is 0 Å². The molecular weight excluding hydrogens is 388 g/mol. The second kappa shape index (κ2) is 7.18. The van der Waals surface area contributed by atoms with Crippen molar-refractivity contribution in [1.82, 2.24) is 9.66 Å². The number of nitrogens with one attached hydrogen (secondary N) is 1. The van der Waals surface area contributed by atoms with Crippen molar-refractivity contribution in [2.45, 2.75) is 26.1 Å². The van der Waals surface area contributed by atoms with Crippen LogP contribution in [0.5, 0.6) is 0 Å².